The van der Waals surface area contributed by atoms with Gasteiger partial charge >= 0.3 is 0 Å². The van der Waals surface area contributed by atoms with E-state index in [-0.39, 0.29) is 0 Å². The molecule has 0 spiro atoms. The van der Waals surface area contributed by atoms with E-state index in [0.717, 1.165) is 0 Å². The minimum atomic E-state index is -2.09. The first-order valence-corrected chi connectivity index (χ1v) is 16.6. The Bertz CT molecular complexity index is 1180. The molecular formula is C32H42N4OSi2. The Morgan fingerprint density at radius 3 is 0.821 bits per heavy atom. The van der Waals surface area contributed by atoms with Crippen molar-refractivity contribution >= 4 is 61.6 Å². The summed E-state index contributed by atoms with van der Waals surface area (Å²) >= 11 is 0. The molecule has 5 nitrogen and oxygen atoms in total. The summed E-state index contributed by atoms with van der Waals surface area (Å²) in [5, 5.41) is 5.17. The van der Waals surface area contributed by atoms with E-state index in [9.17, 15) is 0 Å². The first-order chi connectivity index (χ1) is 18.6. The van der Waals surface area contributed by atoms with Crippen LogP contribution in [0.3, 0.4) is 0 Å². The zero-order valence-electron chi connectivity index (χ0n) is 24.6. The lowest BCUT2D eigenvalue weighted by Crippen LogP contribution is -2.56. The maximum atomic E-state index is 7.54. The Hall–Kier alpha value is -3.53. The van der Waals surface area contributed by atoms with Crippen molar-refractivity contribution in [3.05, 3.63) is 97.1 Å². The van der Waals surface area contributed by atoms with Crippen LogP contribution in [0.15, 0.2) is 97.1 Å². The fourth-order valence-corrected chi connectivity index (χ4v) is 11.5. The Labute approximate surface area is 238 Å². The summed E-state index contributed by atoms with van der Waals surface area (Å²) in [5.74, 6) is 0. The van der Waals surface area contributed by atoms with Gasteiger partial charge in [0.25, 0.3) is 0 Å². The lowest BCUT2D eigenvalue weighted by Gasteiger charge is -2.28. The molecule has 0 heterocycles. The Kier molecular flexibility index (Phi) is 9.17. The van der Waals surface area contributed by atoms with E-state index in [1.165, 1.54) is 43.5 Å². The molecule has 0 fully saturated rings. The van der Waals surface area contributed by atoms with Crippen LogP contribution in [0.5, 0.6) is 0 Å². The van der Waals surface area contributed by atoms with E-state index in [2.05, 4.69) is 173 Å². The molecule has 4 aromatic rings. The van der Waals surface area contributed by atoms with Crippen LogP contribution in [-0.2, 0) is 4.12 Å². The third-order valence-corrected chi connectivity index (χ3v) is 13.1. The summed E-state index contributed by atoms with van der Waals surface area (Å²) in [4.78, 5) is 8.67. The van der Waals surface area contributed by atoms with Gasteiger partial charge in [-0.25, -0.2) is 0 Å². The van der Waals surface area contributed by atoms with E-state index < -0.39 is 18.1 Å². The number of rotatable bonds is 10. The molecular weight excluding hydrogens is 513 g/mol. The van der Waals surface area contributed by atoms with Gasteiger partial charge in [0.2, 0.25) is 18.1 Å². The van der Waals surface area contributed by atoms with Crippen molar-refractivity contribution < 1.29 is 4.12 Å². The van der Waals surface area contributed by atoms with Gasteiger partial charge < -0.3 is 23.7 Å². The fraction of sp³-hybridized carbons (Fsp3) is 0.250. The van der Waals surface area contributed by atoms with Crippen LogP contribution >= 0.6 is 0 Å². The van der Waals surface area contributed by atoms with Crippen molar-refractivity contribution in [2.75, 3.05) is 76.0 Å². The highest BCUT2D eigenvalue weighted by Gasteiger charge is 2.28. The lowest BCUT2D eigenvalue weighted by molar-refractivity contribution is 0.633. The topological polar surface area (TPSA) is 22.2 Å². The summed E-state index contributed by atoms with van der Waals surface area (Å²) in [6, 6.07) is 35.6. The highest BCUT2D eigenvalue weighted by atomic mass is 28.4. The minimum absolute atomic E-state index is 1.19. The maximum absolute atomic E-state index is 7.54. The van der Waals surface area contributed by atoms with E-state index in [4.69, 9.17) is 4.12 Å². The molecule has 4 aromatic carbocycles. The van der Waals surface area contributed by atoms with Crippen LogP contribution in [0.4, 0.5) is 22.7 Å². The van der Waals surface area contributed by atoms with Crippen LogP contribution in [0.2, 0.25) is 0 Å². The predicted octanol–water partition coefficient (Wildman–Crippen LogP) is 2.34. The summed E-state index contributed by atoms with van der Waals surface area (Å²) in [5.41, 5.74) is 4.78. The first-order valence-electron chi connectivity index (χ1n) is 13.4. The predicted molar refractivity (Wildman–Crippen MR) is 177 cm³/mol. The molecule has 0 saturated heterocycles. The van der Waals surface area contributed by atoms with Crippen molar-refractivity contribution in [1.82, 2.24) is 0 Å². The SMILES string of the molecule is CN(C)c1cccc([SiH](O[SiH](c2cccc(N(C)C)c2)c2cccc(N(C)C)c2)c2cccc(N(C)C)c2)c1. The van der Waals surface area contributed by atoms with Crippen molar-refractivity contribution in [2.45, 2.75) is 0 Å². The molecule has 0 N–H and O–H groups in total. The molecule has 4 rings (SSSR count). The van der Waals surface area contributed by atoms with Crippen LogP contribution in [0.1, 0.15) is 0 Å². The first kappa shape index (κ1) is 28.5. The average molecular weight is 555 g/mol. The molecule has 0 aliphatic rings. The fourth-order valence-electron chi connectivity index (χ4n) is 4.70. The summed E-state index contributed by atoms with van der Waals surface area (Å²) < 4.78 is 7.54. The molecule has 0 amide bonds. The summed E-state index contributed by atoms with van der Waals surface area (Å²) in [6.45, 7) is 0. The molecule has 204 valence electrons. The Morgan fingerprint density at radius 1 is 0.385 bits per heavy atom. The van der Waals surface area contributed by atoms with Gasteiger partial charge in [-0.05, 0) is 69.3 Å². The molecule has 0 aliphatic carbocycles. The summed E-state index contributed by atoms with van der Waals surface area (Å²) in [6.07, 6.45) is 0. The third kappa shape index (κ3) is 6.92. The number of hydrogen-bond donors (Lipinski definition) is 0. The molecule has 39 heavy (non-hydrogen) atoms. The van der Waals surface area contributed by atoms with Crippen LogP contribution in [0, 0.1) is 0 Å². The monoisotopic (exact) mass is 554 g/mol. The number of nitrogens with zero attached hydrogens (tertiary/aromatic N) is 4. The second-order valence-electron chi connectivity index (χ2n) is 10.9. The van der Waals surface area contributed by atoms with Gasteiger partial charge in [0.1, 0.15) is 0 Å². The molecule has 7 heteroatoms. The smallest absolute Gasteiger partial charge is 0.228 e. The molecule has 0 atom stereocenters. The second-order valence-corrected chi connectivity index (χ2v) is 16.1. The van der Waals surface area contributed by atoms with Crippen molar-refractivity contribution in [1.29, 1.82) is 0 Å². The van der Waals surface area contributed by atoms with E-state index >= 15 is 0 Å². The Balaban J connectivity index is 1.89. The van der Waals surface area contributed by atoms with Crippen LogP contribution < -0.4 is 40.3 Å². The standard InChI is InChI=1S/C32H42N4OSi2/c1-33(2)25-13-9-17-29(21-25)38(30-18-10-14-26(22-30)34(3)4)37-39(31-19-11-15-27(23-31)35(5)6)32-20-12-16-28(24-32)36(7)8/h9-24,38-39H,1-8H3. The van der Waals surface area contributed by atoms with Crippen molar-refractivity contribution in [3.8, 4) is 0 Å². The second kappa shape index (κ2) is 12.6. The number of benzene rings is 4. The molecule has 0 aromatic heterocycles. The largest absolute Gasteiger partial charge is 0.446 e. The van der Waals surface area contributed by atoms with Crippen molar-refractivity contribution in [2.24, 2.45) is 0 Å². The average Bonchev–Trinajstić information content (AvgIpc) is 2.93. The quantitative estimate of drug-likeness (QED) is 0.280. The zero-order chi connectivity index (χ0) is 28.1. The van der Waals surface area contributed by atoms with E-state index in [1.807, 2.05) is 0 Å². The molecule has 0 unspecified atom stereocenters. The highest BCUT2D eigenvalue weighted by Crippen LogP contribution is 2.15. The lowest BCUT2D eigenvalue weighted by atomic mass is 10.3. The zero-order valence-corrected chi connectivity index (χ0v) is 26.9. The number of anilines is 4. The van der Waals surface area contributed by atoms with Gasteiger partial charge in [0, 0.05) is 79.1 Å². The molecule has 0 aliphatic heterocycles. The van der Waals surface area contributed by atoms with Crippen LogP contribution in [-0.4, -0.2) is 74.5 Å². The Morgan fingerprint density at radius 2 is 0.615 bits per heavy atom. The minimum Gasteiger partial charge on any atom is -0.446 e. The van der Waals surface area contributed by atoms with E-state index in [1.54, 1.807) is 0 Å². The van der Waals surface area contributed by atoms with Gasteiger partial charge in [-0.3, -0.25) is 0 Å². The van der Waals surface area contributed by atoms with E-state index in [0.29, 0.717) is 0 Å². The molecule has 0 radical (unpaired) electrons. The van der Waals surface area contributed by atoms with Crippen molar-refractivity contribution in [3.63, 3.8) is 0 Å². The van der Waals surface area contributed by atoms with Gasteiger partial charge in [0.05, 0.1) is 0 Å². The molecule has 0 saturated carbocycles. The molecule has 0 bridgehead atoms. The van der Waals surface area contributed by atoms with Gasteiger partial charge in [0.15, 0.2) is 0 Å². The highest BCUT2D eigenvalue weighted by molar-refractivity contribution is 6.92. The van der Waals surface area contributed by atoms with Gasteiger partial charge in [-0.2, -0.15) is 0 Å². The van der Waals surface area contributed by atoms with Gasteiger partial charge in [-0.1, -0.05) is 48.5 Å². The summed E-state index contributed by atoms with van der Waals surface area (Å²) in [7, 11) is 12.6. The normalized spacial score (nSPS) is 11.1. The van der Waals surface area contributed by atoms with Crippen LogP contribution in [0.25, 0.3) is 0 Å². The van der Waals surface area contributed by atoms with Gasteiger partial charge in [-0.15, -0.1) is 0 Å². The maximum Gasteiger partial charge on any atom is 0.228 e. The third-order valence-electron chi connectivity index (χ3n) is 7.03. The number of hydrogen-bond acceptors (Lipinski definition) is 5.